The molecule has 3 aromatic rings. The molecule has 0 spiro atoms. The van der Waals surface area contributed by atoms with Gasteiger partial charge in [0, 0.05) is 37.9 Å². The second-order valence-electron chi connectivity index (χ2n) is 10.7. The van der Waals surface area contributed by atoms with Crippen LogP contribution in [-0.2, 0) is 16.6 Å². The van der Waals surface area contributed by atoms with E-state index in [-0.39, 0.29) is 11.7 Å². The number of carboxylic acid groups (broad SMARTS) is 1. The van der Waals surface area contributed by atoms with Crippen molar-refractivity contribution in [1.82, 2.24) is 9.80 Å². The number of unbranched alkanes of at least 4 members (excludes halogenated alkanes) is 1. The Bertz CT molecular complexity index is 1560. The number of hydrogen-bond acceptors (Lipinski definition) is 6. The van der Waals surface area contributed by atoms with Crippen molar-refractivity contribution in [2.75, 3.05) is 35.9 Å². The van der Waals surface area contributed by atoms with Crippen molar-refractivity contribution < 1.29 is 36.6 Å². The van der Waals surface area contributed by atoms with E-state index in [4.69, 9.17) is 9.84 Å². The van der Waals surface area contributed by atoms with Crippen molar-refractivity contribution in [3.63, 3.8) is 0 Å². The number of sulfonamides is 1. The first-order valence-electron chi connectivity index (χ1n) is 14.3. The summed E-state index contributed by atoms with van der Waals surface area (Å²) in [7, 11) is -3.35. The molecule has 236 valence electrons. The zero-order valence-electron chi connectivity index (χ0n) is 24.6. The van der Waals surface area contributed by atoms with Gasteiger partial charge in [0.1, 0.15) is 22.9 Å². The maximum atomic E-state index is 14.7. The second kappa shape index (κ2) is 14.5. The number of aromatic carboxylic acids is 1. The normalized spacial score (nSPS) is 14.2. The Hall–Kier alpha value is -4.23. The summed E-state index contributed by atoms with van der Waals surface area (Å²) in [5.74, 6) is -3.06. The number of anilines is 2. The monoisotopic (exact) mass is 630 g/mol. The van der Waals surface area contributed by atoms with Crippen molar-refractivity contribution in [3.05, 3.63) is 83.4 Å². The maximum absolute atomic E-state index is 14.7. The van der Waals surface area contributed by atoms with Crippen LogP contribution in [0.15, 0.2) is 60.7 Å². The molecule has 2 amide bonds. The summed E-state index contributed by atoms with van der Waals surface area (Å²) in [6, 6.07) is 15.5. The summed E-state index contributed by atoms with van der Waals surface area (Å²) < 4.78 is 59.5. The number of hydrogen-bond donors (Lipinski definition) is 3. The van der Waals surface area contributed by atoms with Crippen molar-refractivity contribution >= 4 is 33.4 Å². The number of carbonyl (C=O) groups excluding carboxylic acids is 1. The lowest BCUT2D eigenvalue weighted by atomic mass is 10.0. The van der Waals surface area contributed by atoms with Crippen LogP contribution in [-0.4, -0.2) is 67.3 Å². The molecular weight excluding hydrogens is 594 g/mol. The zero-order valence-corrected chi connectivity index (χ0v) is 25.4. The number of carboxylic acids is 1. The van der Waals surface area contributed by atoms with Gasteiger partial charge in [-0.3, -0.25) is 9.62 Å². The molecule has 13 heteroatoms. The maximum Gasteiger partial charge on any atom is 0.341 e. The van der Waals surface area contributed by atoms with E-state index >= 15 is 0 Å². The standard InChI is InChI=1S/C31H36F2N4O6S/c1-3-4-17-37(31(40)34-27-14-13-26(32)28(29(27)33)30(38)39)23-15-18-36(19-16-23)20-21-5-9-24(10-6-21)43-25-11-7-22(8-12-25)35-44(2,41)42/h5-14,23,35H,3-4,15-20H2,1-2H3,(H,34,40)(H,38,39). The third-order valence-electron chi connectivity index (χ3n) is 7.28. The molecule has 0 radical (unpaired) electrons. The lowest BCUT2D eigenvalue weighted by Crippen LogP contribution is -2.49. The van der Waals surface area contributed by atoms with Crippen molar-refractivity contribution in [2.24, 2.45) is 0 Å². The minimum absolute atomic E-state index is 0.0879. The number of carbonyl (C=O) groups is 2. The minimum atomic E-state index is -3.35. The fourth-order valence-corrected chi connectivity index (χ4v) is 5.63. The fraction of sp³-hybridized carbons (Fsp3) is 0.355. The third-order valence-corrected chi connectivity index (χ3v) is 7.89. The van der Waals surface area contributed by atoms with Crippen LogP contribution in [0.5, 0.6) is 11.5 Å². The van der Waals surface area contributed by atoms with Gasteiger partial charge >= 0.3 is 12.0 Å². The highest BCUT2D eigenvalue weighted by Crippen LogP contribution is 2.26. The van der Waals surface area contributed by atoms with E-state index in [0.29, 0.717) is 43.1 Å². The van der Waals surface area contributed by atoms with Crippen LogP contribution in [0.4, 0.5) is 25.0 Å². The molecule has 1 saturated heterocycles. The summed E-state index contributed by atoms with van der Waals surface area (Å²) in [5, 5.41) is 11.6. The summed E-state index contributed by atoms with van der Waals surface area (Å²) in [4.78, 5) is 28.4. The van der Waals surface area contributed by atoms with E-state index < -0.39 is 39.2 Å². The molecule has 3 aromatic carbocycles. The van der Waals surface area contributed by atoms with Gasteiger partial charge in [-0.25, -0.2) is 26.8 Å². The molecule has 0 saturated carbocycles. The molecule has 3 N–H and O–H groups in total. The van der Waals surface area contributed by atoms with Crippen LogP contribution >= 0.6 is 0 Å². The molecule has 4 rings (SSSR count). The Morgan fingerprint density at radius 3 is 2.18 bits per heavy atom. The second-order valence-corrected chi connectivity index (χ2v) is 12.5. The van der Waals surface area contributed by atoms with Crippen LogP contribution in [0, 0.1) is 11.6 Å². The summed E-state index contributed by atoms with van der Waals surface area (Å²) >= 11 is 0. The van der Waals surface area contributed by atoms with Crippen LogP contribution in [0.25, 0.3) is 0 Å². The van der Waals surface area contributed by atoms with Gasteiger partial charge in [0.05, 0.1) is 11.9 Å². The topological polar surface area (TPSA) is 128 Å². The molecule has 1 aliphatic rings. The van der Waals surface area contributed by atoms with Crippen molar-refractivity contribution in [2.45, 2.75) is 45.2 Å². The van der Waals surface area contributed by atoms with E-state index in [1.807, 2.05) is 31.2 Å². The van der Waals surface area contributed by atoms with Gasteiger partial charge in [-0.15, -0.1) is 0 Å². The fourth-order valence-electron chi connectivity index (χ4n) is 5.06. The Morgan fingerprint density at radius 2 is 1.61 bits per heavy atom. The molecular formula is C31H36F2N4O6S. The molecule has 1 heterocycles. The number of urea groups is 1. The first kappa shape index (κ1) is 32.7. The molecule has 10 nitrogen and oxygen atoms in total. The van der Waals surface area contributed by atoms with Gasteiger partial charge in [-0.05, 0) is 73.4 Å². The Labute approximate surface area is 255 Å². The quantitative estimate of drug-likeness (QED) is 0.220. The van der Waals surface area contributed by atoms with Gasteiger partial charge in [-0.1, -0.05) is 25.5 Å². The summed E-state index contributed by atoms with van der Waals surface area (Å²) in [6.45, 7) is 4.64. The van der Waals surface area contributed by atoms with E-state index in [0.717, 1.165) is 49.9 Å². The highest BCUT2D eigenvalue weighted by Gasteiger charge is 2.29. The molecule has 0 unspecified atom stereocenters. The lowest BCUT2D eigenvalue weighted by molar-refractivity contribution is 0.0686. The van der Waals surface area contributed by atoms with Gasteiger partial charge in [-0.2, -0.15) is 0 Å². The predicted molar refractivity (Wildman–Crippen MR) is 164 cm³/mol. The van der Waals surface area contributed by atoms with Gasteiger partial charge < -0.3 is 20.1 Å². The van der Waals surface area contributed by atoms with Crippen LogP contribution in [0.1, 0.15) is 48.5 Å². The predicted octanol–water partition coefficient (Wildman–Crippen LogP) is 6.13. The molecule has 0 aromatic heterocycles. The number of likely N-dealkylation sites (tertiary alicyclic amines) is 1. The van der Waals surface area contributed by atoms with Crippen LogP contribution in [0.3, 0.4) is 0 Å². The Morgan fingerprint density at radius 1 is 1.00 bits per heavy atom. The Kier molecular flexibility index (Phi) is 10.8. The van der Waals surface area contributed by atoms with E-state index in [9.17, 15) is 26.8 Å². The smallest absolute Gasteiger partial charge is 0.341 e. The SMILES string of the molecule is CCCCN(C(=O)Nc1ccc(F)c(C(=O)O)c1F)C1CCN(Cc2ccc(Oc3ccc(NS(C)(=O)=O)cc3)cc2)CC1. The summed E-state index contributed by atoms with van der Waals surface area (Å²) in [5.41, 5.74) is 0.0596. The van der Waals surface area contributed by atoms with Crippen molar-refractivity contribution in [1.29, 1.82) is 0 Å². The number of halogens is 2. The number of nitrogens with one attached hydrogen (secondary N) is 2. The average molecular weight is 631 g/mol. The number of rotatable bonds is 12. The van der Waals surface area contributed by atoms with Crippen LogP contribution < -0.4 is 14.8 Å². The van der Waals surface area contributed by atoms with E-state index in [1.54, 1.807) is 29.2 Å². The molecule has 1 fully saturated rings. The van der Waals surface area contributed by atoms with Crippen LogP contribution in [0.2, 0.25) is 0 Å². The molecule has 44 heavy (non-hydrogen) atoms. The van der Waals surface area contributed by atoms with E-state index in [1.165, 1.54) is 0 Å². The third kappa shape index (κ3) is 8.89. The largest absolute Gasteiger partial charge is 0.477 e. The highest BCUT2D eigenvalue weighted by molar-refractivity contribution is 7.92. The number of nitrogens with zero attached hydrogens (tertiary/aromatic N) is 2. The molecule has 0 aliphatic carbocycles. The number of ether oxygens (including phenoxy) is 1. The van der Waals surface area contributed by atoms with Crippen molar-refractivity contribution in [3.8, 4) is 11.5 Å². The number of benzene rings is 3. The molecule has 1 aliphatic heterocycles. The average Bonchev–Trinajstić information content (AvgIpc) is 2.97. The zero-order chi connectivity index (χ0) is 31.9. The van der Waals surface area contributed by atoms with Gasteiger partial charge in [0.25, 0.3) is 0 Å². The molecule has 0 atom stereocenters. The minimum Gasteiger partial charge on any atom is -0.477 e. The first-order chi connectivity index (χ1) is 20.9. The van der Waals surface area contributed by atoms with Gasteiger partial charge in [0.15, 0.2) is 5.82 Å². The Balaban J connectivity index is 1.31. The highest BCUT2D eigenvalue weighted by atomic mass is 32.2. The molecule has 0 bridgehead atoms. The van der Waals surface area contributed by atoms with Gasteiger partial charge in [0.2, 0.25) is 10.0 Å². The number of piperidine rings is 1. The number of amides is 2. The lowest BCUT2D eigenvalue weighted by Gasteiger charge is -2.38. The summed E-state index contributed by atoms with van der Waals surface area (Å²) in [6.07, 6.45) is 4.09. The first-order valence-corrected chi connectivity index (χ1v) is 16.2. The van der Waals surface area contributed by atoms with E-state index in [2.05, 4.69) is 14.9 Å².